The highest BCUT2D eigenvalue weighted by molar-refractivity contribution is 5.93. The zero-order valence-electron chi connectivity index (χ0n) is 13.3. The second-order valence-corrected chi connectivity index (χ2v) is 5.81. The topological polar surface area (TPSA) is 67.2 Å². The Hall–Kier alpha value is -1.85. The number of rotatable bonds is 4. The van der Waals surface area contributed by atoms with Crippen molar-refractivity contribution in [3.8, 4) is 0 Å². The fourth-order valence-corrected chi connectivity index (χ4v) is 2.59. The largest absolute Gasteiger partial charge is 0.342 e. The van der Waals surface area contributed by atoms with Gasteiger partial charge >= 0.3 is 0 Å². The lowest BCUT2D eigenvalue weighted by atomic mass is 9.97. The molecule has 0 aliphatic carbocycles. The molecule has 0 radical (unpaired) electrons. The smallest absolute Gasteiger partial charge is 0.248 e. The summed E-state index contributed by atoms with van der Waals surface area (Å²) >= 11 is 0. The SMILES string of the molecule is CCc1cc(CN2CCC(=O)NC(C)(CC)C2=O)n(C)n1. The molecular formula is C15H24N4O2. The Morgan fingerprint density at radius 1 is 1.38 bits per heavy atom. The van der Waals surface area contributed by atoms with E-state index in [2.05, 4.69) is 17.3 Å². The summed E-state index contributed by atoms with van der Waals surface area (Å²) in [6.45, 7) is 6.72. The van der Waals surface area contributed by atoms with Crippen molar-refractivity contribution in [3.63, 3.8) is 0 Å². The van der Waals surface area contributed by atoms with Crippen LogP contribution in [0.4, 0.5) is 0 Å². The van der Waals surface area contributed by atoms with Gasteiger partial charge in [0.05, 0.1) is 17.9 Å². The molecule has 1 aromatic heterocycles. The summed E-state index contributed by atoms with van der Waals surface area (Å²) in [5.41, 5.74) is 1.20. The average molecular weight is 292 g/mol. The minimum atomic E-state index is -0.806. The molecule has 2 heterocycles. The third-order valence-electron chi connectivity index (χ3n) is 4.23. The molecule has 6 heteroatoms. The Kier molecular flexibility index (Phi) is 4.34. The van der Waals surface area contributed by atoms with E-state index in [0.717, 1.165) is 17.8 Å². The number of nitrogens with zero attached hydrogens (tertiary/aromatic N) is 3. The van der Waals surface area contributed by atoms with Crippen LogP contribution < -0.4 is 5.32 Å². The van der Waals surface area contributed by atoms with Gasteiger partial charge in [0.15, 0.2) is 0 Å². The lowest BCUT2D eigenvalue weighted by Gasteiger charge is -2.31. The first-order valence-electron chi connectivity index (χ1n) is 7.51. The summed E-state index contributed by atoms with van der Waals surface area (Å²) in [7, 11) is 1.89. The molecule has 1 aliphatic rings. The number of hydrogen-bond acceptors (Lipinski definition) is 3. The Morgan fingerprint density at radius 3 is 2.67 bits per heavy atom. The molecule has 1 fully saturated rings. The monoisotopic (exact) mass is 292 g/mol. The number of nitrogens with one attached hydrogen (secondary N) is 1. The van der Waals surface area contributed by atoms with Gasteiger partial charge in [-0.3, -0.25) is 14.3 Å². The Bertz CT molecular complexity index is 552. The molecule has 2 rings (SSSR count). The first kappa shape index (κ1) is 15.5. The molecule has 0 saturated carbocycles. The molecule has 6 nitrogen and oxygen atoms in total. The second-order valence-electron chi connectivity index (χ2n) is 5.81. The predicted octanol–water partition coefficient (Wildman–Crippen LogP) is 1.000. The van der Waals surface area contributed by atoms with E-state index >= 15 is 0 Å². The number of hydrogen-bond donors (Lipinski definition) is 1. The van der Waals surface area contributed by atoms with Crippen LogP contribution in [0.2, 0.25) is 0 Å². The van der Waals surface area contributed by atoms with Gasteiger partial charge in [-0.15, -0.1) is 0 Å². The van der Waals surface area contributed by atoms with E-state index in [0.29, 0.717) is 25.9 Å². The molecule has 1 aromatic rings. The molecule has 2 amide bonds. The molecular weight excluding hydrogens is 268 g/mol. The maximum Gasteiger partial charge on any atom is 0.248 e. The summed E-state index contributed by atoms with van der Waals surface area (Å²) in [4.78, 5) is 26.3. The zero-order valence-corrected chi connectivity index (χ0v) is 13.3. The highest BCUT2D eigenvalue weighted by atomic mass is 16.2. The lowest BCUT2D eigenvalue weighted by molar-refractivity contribution is -0.138. The van der Waals surface area contributed by atoms with Crippen molar-refractivity contribution >= 4 is 11.8 Å². The number of amides is 2. The van der Waals surface area contributed by atoms with E-state index in [-0.39, 0.29) is 11.8 Å². The van der Waals surface area contributed by atoms with Crippen molar-refractivity contribution in [2.75, 3.05) is 6.54 Å². The highest BCUT2D eigenvalue weighted by Crippen LogP contribution is 2.19. The van der Waals surface area contributed by atoms with Crippen LogP contribution in [-0.4, -0.2) is 38.6 Å². The van der Waals surface area contributed by atoms with E-state index in [4.69, 9.17) is 0 Å². The van der Waals surface area contributed by atoms with Gasteiger partial charge in [0.25, 0.3) is 0 Å². The van der Waals surface area contributed by atoms with E-state index in [1.54, 1.807) is 11.8 Å². The summed E-state index contributed by atoms with van der Waals surface area (Å²) in [5.74, 6) is -0.0791. The van der Waals surface area contributed by atoms with E-state index < -0.39 is 5.54 Å². The number of carbonyl (C=O) groups excluding carboxylic acids is 2. The van der Waals surface area contributed by atoms with Gasteiger partial charge < -0.3 is 10.2 Å². The van der Waals surface area contributed by atoms with Crippen LogP contribution in [0.3, 0.4) is 0 Å². The second kappa shape index (κ2) is 5.87. The maximum atomic E-state index is 12.7. The Balaban J connectivity index is 2.23. The summed E-state index contributed by atoms with van der Waals surface area (Å²) in [6, 6.07) is 2.02. The van der Waals surface area contributed by atoms with Crippen LogP contribution in [0.5, 0.6) is 0 Å². The molecule has 0 bridgehead atoms. The first-order chi connectivity index (χ1) is 9.89. The number of aryl methyl sites for hydroxylation is 2. The van der Waals surface area contributed by atoms with Gasteiger partial charge in [0, 0.05) is 20.0 Å². The van der Waals surface area contributed by atoms with Gasteiger partial charge in [-0.25, -0.2) is 0 Å². The average Bonchev–Trinajstić information content (AvgIpc) is 2.77. The van der Waals surface area contributed by atoms with Crippen LogP contribution in [-0.2, 0) is 29.6 Å². The number of carbonyl (C=O) groups is 2. The van der Waals surface area contributed by atoms with Crippen LogP contribution in [0.1, 0.15) is 45.0 Å². The Labute approximate surface area is 125 Å². The third-order valence-corrected chi connectivity index (χ3v) is 4.23. The third kappa shape index (κ3) is 3.09. The van der Waals surface area contributed by atoms with Gasteiger partial charge in [0.2, 0.25) is 11.8 Å². The fraction of sp³-hybridized carbons (Fsp3) is 0.667. The predicted molar refractivity (Wildman–Crippen MR) is 79.5 cm³/mol. The number of aromatic nitrogens is 2. The molecule has 21 heavy (non-hydrogen) atoms. The maximum absolute atomic E-state index is 12.7. The molecule has 1 unspecified atom stereocenters. The molecule has 1 saturated heterocycles. The minimum Gasteiger partial charge on any atom is -0.342 e. The van der Waals surface area contributed by atoms with Crippen molar-refractivity contribution in [2.45, 2.75) is 52.1 Å². The van der Waals surface area contributed by atoms with Crippen LogP contribution in [0, 0.1) is 0 Å². The normalized spacial score (nSPS) is 23.1. The molecule has 116 valence electrons. The summed E-state index contributed by atoms with van der Waals surface area (Å²) in [6.07, 6.45) is 1.80. The van der Waals surface area contributed by atoms with Gasteiger partial charge in [-0.2, -0.15) is 5.10 Å². The van der Waals surface area contributed by atoms with E-state index in [9.17, 15) is 9.59 Å². The molecule has 1 aliphatic heterocycles. The van der Waals surface area contributed by atoms with E-state index in [1.807, 2.05) is 24.7 Å². The van der Waals surface area contributed by atoms with Gasteiger partial charge in [-0.1, -0.05) is 13.8 Å². The van der Waals surface area contributed by atoms with Crippen LogP contribution >= 0.6 is 0 Å². The molecule has 1 atom stereocenters. The van der Waals surface area contributed by atoms with Crippen LogP contribution in [0.25, 0.3) is 0 Å². The van der Waals surface area contributed by atoms with Crippen molar-refractivity contribution in [3.05, 3.63) is 17.5 Å². The molecule has 0 aromatic carbocycles. The zero-order chi connectivity index (χ0) is 15.6. The summed E-state index contributed by atoms with van der Waals surface area (Å²) in [5, 5.41) is 7.26. The lowest BCUT2D eigenvalue weighted by Crippen LogP contribution is -2.54. The van der Waals surface area contributed by atoms with Crippen molar-refractivity contribution in [2.24, 2.45) is 7.05 Å². The molecule has 1 N–H and O–H groups in total. The van der Waals surface area contributed by atoms with Gasteiger partial charge in [-0.05, 0) is 25.8 Å². The van der Waals surface area contributed by atoms with Crippen LogP contribution in [0.15, 0.2) is 6.07 Å². The van der Waals surface area contributed by atoms with E-state index in [1.165, 1.54) is 0 Å². The summed E-state index contributed by atoms with van der Waals surface area (Å²) < 4.78 is 1.82. The van der Waals surface area contributed by atoms with Crippen molar-refractivity contribution in [1.82, 2.24) is 20.0 Å². The quantitative estimate of drug-likeness (QED) is 0.900. The minimum absolute atomic E-state index is 0.0184. The first-order valence-corrected chi connectivity index (χ1v) is 7.51. The standard InChI is InChI=1S/C15H24N4O2/c1-5-11-9-12(18(4)17-11)10-19-8-7-13(20)16-15(3,6-2)14(19)21/h9H,5-8,10H2,1-4H3,(H,16,20). The van der Waals surface area contributed by atoms with Gasteiger partial charge in [0.1, 0.15) is 5.54 Å². The highest BCUT2D eigenvalue weighted by Gasteiger charge is 2.39. The molecule has 0 spiro atoms. The fourth-order valence-electron chi connectivity index (χ4n) is 2.59. The van der Waals surface area contributed by atoms with Crippen molar-refractivity contribution < 1.29 is 9.59 Å². The van der Waals surface area contributed by atoms with Crippen molar-refractivity contribution in [1.29, 1.82) is 0 Å². The Morgan fingerprint density at radius 2 is 2.10 bits per heavy atom.